The van der Waals surface area contributed by atoms with Gasteiger partial charge in [-0.3, -0.25) is 9.69 Å². The van der Waals surface area contributed by atoms with Gasteiger partial charge < -0.3 is 14.6 Å². The van der Waals surface area contributed by atoms with Crippen LogP contribution in [0.3, 0.4) is 0 Å². The molecule has 5 nitrogen and oxygen atoms in total. The van der Waals surface area contributed by atoms with Gasteiger partial charge in [0, 0.05) is 35.2 Å². The van der Waals surface area contributed by atoms with Gasteiger partial charge in [-0.25, -0.2) is 0 Å². The maximum atomic E-state index is 10.8. The number of aryl methyl sites for hydroxylation is 1. The molecule has 1 atom stereocenters. The minimum absolute atomic E-state index is 0. The summed E-state index contributed by atoms with van der Waals surface area (Å²) in [5.74, 6) is -0.0164. The Hall–Kier alpha value is -1.50. The monoisotopic (exact) mass is 459 g/mol. The van der Waals surface area contributed by atoms with Crippen LogP contribution in [0, 0.1) is 6.92 Å². The number of rotatable bonds is 7. The lowest BCUT2D eigenvalue weighted by atomic mass is 10.0. The van der Waals surface area contributed by atoms with Crippen LogP contribution in [-0.2, 0) is 16.1 Å². The van der Waals surface area contributed by atoms with Crippen LogP contribution in [0.4, 0.5) is 0 Å². The molecule has 0 spiro atoms. The number of halogens is 3. The first kappa shape index (κ1) is 23.8. The summed E-state index contributed by atoms with van der Waals surface area (Å²) in [5, 5.41) is 10.0. The van der Waals surface area contributed by atoms with E-state index in [0.717, 1.165) is 29.0 Å². The predicted octanol–water partition coefficient (Wildman–Crippen LogP) is 5.15. The SMILES string of the molecule is Cc1cc(C2CN(CCC(=O)O)CCO2)ccc1OCc1c(Cl)cccc1Cl.Cl. The Labute approximate surface area is 186 Å². The van der Waals surface area contributed by atoms with Crippen LogP contribution in [0.2, 0.25) is 10.0 Å². The van der Waals surface area contributed by atoms with Crippen molar-refractivity contribution in [2.45, 2.75) is 26.1 Å². The highest BCUT2D eigenvalue weighted by molar-refractivity contribution is 6.35. The number of carboxylic acids is 1. The number of carboxylic acid groups (broad SMARTS) is 1. The Balaban J connectivity index is 0.00000300. The van der Waals surface area contributed by atoms with Crippen molar-refractivity contribution in [2.24, 2.45) is 0 Å². The summed E-state index contributed by atoms with van der Waals surface area (Å²) in [6.45, 7) is 4.84. The fraction of sp³-hybridized carbons (Fsp3) is 0.381. The van der Waals surface area contributed by atoms with E-state index in [1.807, 2.05) is 19.1 Å². The van der Waals surface area contributed by atoms with Crippen LogP contribution in [-0.4, -0.2) is 42.2 Å². The summed E-state index contributed by atoms with van der Waals surface area (Å²) in [6.07, 6.45) is 0.0664. The highest BCUT2D eigenvalue weighted by Gasteiger charge is 2.23. The smallest absolute Gasteiger partial charge is 0.304 e. The van der Waals surface area contributed by atoms with Gasteiger partial charge in [-0.15, -0.1) is 12.4 Å². The first-order valence-electron chi connectivity index (χ1n) is 9.16. The fourth-order valence-corrected chi connectivity index (χ4v) is 3.72. The van der Waals surface area contributed by atoms with Gasteiger partial charge in [0.15, 0.2) is 0 Å². The third-order valence-corrected chi connectivity index (χ3v) is 5.51. The van der Waals surface area contributed by atoms with Gasteiger partial charge in [0.1, 0.15) is 12.4 Å². The molecule has 0 aromatic heterocycles. The summed E-state index contributed by atoms with van der Waals surface area (Å²) in [4.78, 5) is 12.9. The van der Waals surface area contributed by atoms with Crippen LogP contribution in [0.5, 0.6) is 5.75 Å². The van der Waals surface area contributed by atoms with Crippen molar-refractivity contribution in [3.05, 3.63) is 63.1 Å². The molecule has 1 N–H and O–H groups in total. The third-order valence-electron chi connectivity index (χ3n) is 4.80. The molecule has 2 aromatic rings. The minimum Gasteiger partial charge on any atom is -0.489 e. The largest absolute Gasteiger partial charge is 0.489 e. The molecule has 0 amide bonds. The second-order valence-corrected chi connectivity index (χ2v) is 7.63. The average molecular weight is 461 g/mol. The van der Waals surface area contributed by atoms with E-state index in [-0.39, 0.29) is 24.9 Å². The highest BCUT2D eigenvalue weighted by Crippen LogP contribution is 2.30. The van der Waals surface area contributed by atoms with E-state index in [1.54, 1.807) is 18.2 Å². The lowest BCUT2D eigenvalue weighted by molar-refractivity contribution is -0.137. The molecular formula is C21H24Cl3NO4. The topological polar surface area (TPSA) is 59.0 Å². The summed E-state index contributed by atoms with van der Waals surface area (Å²) in [6, 6.07) is 11.3. The van der Waals surface area contributed by atoms with E-state index in [2.05, 4.69) is 11.0 Å². The van der Waals surface area contributed by atoms with Crippen molar-refractivity contribution in [1.29, 1.82) is 0 Å². The van der Waals surface area contributed by atoms with Crippen LogP contribution in [0.25, 0.3) is 0 Å². The van der Waals surface area contributed by atoms with Gasteiger partial charge in [-0.1, -0.05) is 35.3 Å². The molecule has 0 saturated carbocycles. The van der Waals surface area contributed by atoms with Crippen LogP contribution < -0.4 is 4.74 Å². The number of carbonyl (C=O) groups is 1. The number of benzene rings is 2. The quantitative estimate of drug-likeness (QED) is 0.619. The Bertz CT molecular complexity index is 826. The second kappa shape index (κ2) is 11.0. The highest BCUT2D eigenvalue weighted by atomic mass is 35.5. The number of ether oxygens (including phenoxy) is 2. The van der Waals surface area contributed by atoms with E-state index in [4.69, 9.17) is 37.8 Å². The Morgan fingerprint density at radius 1 is 1.28 bits per heavy atom. The molecular weight excluding hydrogens is 437 g/mol. The molecule has 29 heavy (non-hydrogen) atoms. The van der Waals surface area contributed by atoms with Gasteiger partial charge in [-0.2, -0.15) is 0 Å². The molecule has 0 radical (unpaired) electrons. The Morgan fingerprint density at radius 3 is 2.66 bits per heavy atom. The van der Waals surface area contributed by atoms with E-state index in [9.17, 15) is 4.79 Å². The van der Waals surface area contributed by atoms with E-state index in [0.29, 0.717) is 36.3 Å². The third kappa shape index (κ3) is 6.49. The Morgan fingerprint density at radius 2 is 2.00 bits per heavy atom. The summed E-state index contributed by atoms with van der Waals surface area (Å²) >= 11 is 12.4. The summed E-state index contributed by atoms with van der Waals surface area (Å²) in [7, 11) is 0. The van der Waals surface area contributed by atoms with Crippen molar-refractivity contribution in [3.8, 4) is 5.75 Å². The molecule has 1 aliphatic rings. The van der Waals surface area contributed by atoms with Crippen LogP contribution >= 0.6 is 35.6 Å². The number of aliphatic carboxylic acids is 1. The molecule has 1 saturated heterocycles. The zero-order valence-corrected chi connectivity index (χ0v) is 18.4. The minimum atomic E-state index is -0.779. The zero-order valence-electron chi connectivity index (χ0n) is 16.1. The van der Waals surface area contributed by atoms with Gasteiger partial charge in [0.25, 0.3) is 0 Å². The van der Waals surface area contributed by atoms with Crippen molar-refractivity contribution in [3.63, 3.8) is 0 Å². The molecule has 8 heteroatoms. The maximum Gasteiger partial charge on any atom is 0.304 e. The van der Waals surface area contributed by atoms with Crippen LogP contribution in [0.15, 0.2) is 36.4 Å². The van der Waals surface area contributed by atoms with Crippen molar-refractivity contribution in [1.82, 2.24) is 4.90 Å². The molecule has 1 heterocycles. The maximum absolute atomic E-state index is 10.8. The van der Waals surface area contributed by atoms with E-state index < -0.39 is 5.97 Å². The molecule has 0 bridgehead atoms. The van der Waals surface area contributed by atoms with Crippen LogP contribution in [0.1, 0.15) is 29.2 Å². The van der Waals surface area contributed by atoms with Crippen molar-refractivity contribution >= 4 is 41.6 Å². The van der Waals surface area contributed by atoms with Gasteiger partial charge >= 0.3 is 5.97 Å². The summed E-state index contributed by atoms with van der Waals surface area (Å²) in [5.41, 5.74) is 2.81. The first-order valence-corrected chi connectivity index (χ1v) is 9.91. The lowest BCUT2D eigenvalue weighted by Crippen LogP contribution is -2.39. The number of nitrogens with zero attached hydrogens (tertiary/aromatic N) is 1. The zero-order chi connectivity index (χ0) is 20.1. The van der Waals surface area contributed by atoms with Crippen molar-refractivity contribution in [2.75, 3.05) is 26.2 Å². The molecule has 158 valence electrons. The summed E-state index contributed by atoms with van der Waals surface area (Å²) < 4.78 is 11.8. The molecule has 3 rings (SSSR count). The van der Waals surface area contributed by atoms with Gasteiger partial charge in [0.05, 0.1) is 19.1 Å². The Kier molecular flexibility index (Phi) is 9.05. The molecule has 1 fully saturated rings. The molecule has 2 aromatic carbocycles. The van der Waals surface area contributed by atoms with Gasteiger partial charge in [0.2, 0.25) is 0 Å². The van der Waals surface area contributed by atoms with E-state index >= 15 is 0 Å². The predicted molar refractivity (Wildman–Crippen MR) is 117 cm³/mol. The normalized spacial score (nSPS) is 16.9. The molecule has 0 aliphatic carbocycles. The molecule has 1 aliphatic heterocycles. The average Bonchev–Trinajstić information content (AvgIpc) is 2.67. The number of hydrogen-bond acceptors (Lipinski definition) is 4. The van der Waals surface area contributed by atoms with Gasteiger partial charge in [-0.05, 0) is 42.3 Å². The first-order chi connectivity index (χ1) is 13.4. The molecule has 1 unspecified atom stereocenters. The fourth-order valence-electron chi connectivity index (χ4n) is 3.22. The van der Waals surface area contributed by atoms with E-state index in [1.165, 1.54) is 0 Å². The van der Waals surface area contributed by atoms with Crippen molar-refractivity contribution < 1.29 is 19.4 Å². The lowest BCUT2D eigenvalue weighted by Gasteiger charge is -2.33. The number of morpholine rings is 1. The number of hydrogen-bond donors (Lipinski definition) is 1. The second-order valence-electron chi connectivity index (χ2n) is 6.82. The standard InChI is InChI=1S/C21H23Cl2NO4.ClH/c1-14-11-15(20-12-24(9-10-27-20)8-7-21(25)26)5-6-19(14)28-13-16-17(22)3-2-4-18(16)23;/h2-6,11,20H,7-10,12-13H2,1H3,(H,25,26);1H.